The standard InChI is InChI=1S/C22H23N3O2S2/c1-15(2)16-8-10-17(11-9-16)23-21(27)14-29-22-24-18(12-20(26)25-22)13-28-19-6-4-3-5-7-19/h3-12,15H,13-14H2,1-2H3,(H,23,27)(H,24,25,26). The number of carbonyl (C=O) groups excluding carboxylic acids is 1. The topological polar surface area (TPSA) is 74.8 Å². The summed E-state index contributed by atoms with van der Waals surface area (Å²) < 4.78 is 0. The maximum atomic E-state index is 12.2. The maximum absolute atomic E-state index is 12.2. The van der Waals surface area contributed by atoms with Crippen molar-refractivity contribution in [1.82, 2.24) is 9.97 Å². The molecule has 0 radical (unpaired) electrons. The van der Waals surface area contributed by atoms with Gasteiger partial charge in [-0.2, -0.15) is 0 Å². The van der Waals surface area contributed by atoms with E-state index in [9.17, 15) is 9.59 Å². The zero-order chi connectivity index (χ0) is 20.6. The lowest BCUT2D eigenvalue weighted by Gasteiger charge is -2.08. The van der Waals surface area contributed by atoms with E-state index in [1.807, 2.05) is 54.6 Å². The summed E-state index contributed by atoms with van der Waals surface area (Å²) in [4.78, 5) is 32.4. The molecule has 0 saturated carbocycles. The lowest BCUT2D eigenvalue weighted by molar-refractivity contribution is -0.113. The molecule has 150 valence electrons. The van der Waals surface area contributed by atoms with Crippen molar-refractivity contribution in [3.8, 4) is 0 Å². The van der Waals surface area contributed by atoms with Gasteiger partial charge in [0.15, 0.2) is 5.16 Å². The summed E-state index contributed by atoms with van der Waals surface area (Å²) >= 11 is 2.83. The number of H-pyrrole nitrogens is 1. The van der Waals surface area contributed by atoms with E-state index in [-0.39, 0.29) is 17.2 Å². The van der Waals surface area contributed by atoms with Gasteiger partial charge in [0.2, 0.25) is 5.91 Å². The van der Waals surface area contributed by atoms with Crippen molar-refractivity contribution in [2.45, 2.75) is 35.6 Å². The van der Waals surface area contributed by atoms with E-state index in [1.54, 1.807) is 11.8 Å². The molecule has 0 saturated heterocycles. The molecule has 2 N–H and O–H groups in total. The fraction of sp³-hybridized carbons (Fsp3) is 0.227. The summed E-state index contributed by atoms with van der Waals surface area (Å²) in [7, 11) is 0. The van der Waals surface area contributed by atoms with Crippen LogP contribution in [0.25, 0.3) is 0 Å². The minimum Gasteiger partial charge on any atom is -0.325 e. The van der Waals surface area contributed by atoms with Crippen molar-refractivity contribution in [2.24, 2.45) is 0 Å². The van der Waals surface area contributed by atoms with E-state index in [2.05, 4.69) is 29.1 Å². The monoisotopic (exact) mass is 425 g/mol. The molecule has 0 spiro atoms. The number of amides is 1. The smallest absolute Gasteiger partial charge is 0.251 e. The zero-order valence-electron chi connectivity index (χ0n) is 16.3. The molecule has 0 aliphatic heterocycles. The van der Waals surface area contributed by atoms with Gasteiger partial charge in [-0.25, -0.2) is 4.98 Å². The molecule has 1 aromatic heterocycles. The van der Waals surface area contributed by atoms with Crippen LogP contribution in [0.5, 0.6) is 0 Å². The molecule has 3 rings (SSSR count). The Kier molecular flexibility index (Phi) is 7.55. The minimum absolute atomic E-state index is 0.140. The second kappa shape index (κ2) is 10.3. The first-order valence-corrected chi connectivity index (χ1v) is 11.3. The van der Waals surface area contributed by atoms with E-state index >= 15 is 0 Å². The van der Waals surface area contributed by atoms with Gasteiger partial charge in [-0.15, -0.1) is 11.8 Å². The average molecular weight is 426 g/mol. The number of hydrogen-bond donors (Lipinski definition) is 2. The third kappa shape index (κ3) is 6.80. The van der Waals surface area contributed by atoms with E-state index in [1.165, 1.54) is 23.4 Å². The van der Waals surface area contributed by atoms with Gasteiger partial charge < -0.3 is 10.3 Å². The molecule has 1 amide bonds. The Bertz CT molecular complexity index is 1000. The van der Waals surface area contributed by atoms with E-state index in [0.29, 0.717) is 22.5 Å². The first kappa shape index (κ1) is 21.2. The van der Waals surface area contributed by atoms with Crippen molar-refractivity contribution < 1.29 is 4.79 Å². The molecule has 0 unspecified atom stereocenters. The Hall–Kier alpha value is -2.51. The number of aromatic amines is 1. The highest BCUT2D eigenvalue weighted by Gasteiger charge is 2.08. The van der Waals surface area contributed by atoms with Crippen LogP contribution in [0.15, 0.2) is 75.5 Å². The number of nitrogens with zero attached hydrogens (tertiary/aromatic N) is 1. The Morgan fingerprint density at radius 2 is 1.79 bits per heavy atom. The number of benzene rings is 2. The Balaban J connectivity index is 1.54. The molecule has 5 nitrogen and oxygen atoms in total. The van der Waals surface area contributed by atoms with Crippen molar-refractivity contribution in [3.63, 3.8) is 0 Å². The average Bonchev–Trinajstić information content (AvgIpc) is 2.72. The molecular formula is C22H23N3O2S2. The van der Waals surface area contributed by atoms with Gasteiger partial charge in [0.05, 0.1) is 11.4 Å². The first-order valence-electron chi connectivity index (χ1n) is 9.30. The Morgan fingerprint density at radius 1 is 1.07 bits per heavy atom. The summed E-state index contributed by atoms with van der Waals surface area (Å²) in [6.45, 7) is 4.26. The van der Waals surface area contributed by atoms with Crippen LogP contribution in [-0.4, -0.2) is 21.6 Å². The van der Waals surface area contributed by atoms with Crippen LogP contribution in [-0.2, 0) is 10.5 Å². The van der Waals surface area contributed by atoms with Gasteiger partial charge in [-0.1, -0.05) is 55.9 Å². The van der Waals surface area contributed by atoms with E-state index < -0.39 is 0 Å². The van der Waals surface area contributed by atoms with Gasteiger partial charge in [0.1, 0.15) is 0 Å². The minimum atomic E-state index is -0.212. The third-order valence-corrected chi connectivity index (χ3v) is 6.02. The predicted molar refractivity (Wildman–Crippen MR) is 121 cm³/mol. The molecule has 7 heteroatoms. The summed E-state index contributed by atoms with van der Waals surface area (Å²) in [5, 5.41) is 3.32. The number of anilines is 1. The normalized spacial score (nSPS) is 10.9. The SMILES string of the molecule is CC(C)c1ccc(NC(=O)CSc2nc(CSc3ccccc3)cc(=O)[nH]2)cc1. The van der Waals surface area contributed by atoms with E-state index in [4.69, 9.17) is 0 Å². The van der Waals surface area contributed by atoms with Gasteiger partial charge in [0.25, 0.3) is 5.56 Å². The molecule has 2 aromatic carbocycles. The zero-order valence-corrected chi connectivity index (χ0v) is 18.0. The fourth-order valence-electron chi connectivity index (χ4n) is 2.58. The summed E-state index contributed by atoms with van der Waals surface area (Å²) in [5.41, 5.74) is 2.46. The van der Waals surface area contributed by atoms with Crippen LogP contribution in [0.1, 0.15) is 31.0 Å². The molecule has 3 aromatic rings. The molecule has 1 heterocycles. The first-order chi connectivity index (χ1) is 14.0. The summed E-state index contributed by atoms with van der Waals surface area (Å²) in [6.07, 6.45) is 0. The largest absolute Gasteiger partial charge is 0.325 e. The van der Waals surface area contributed by atoms with Crippen LogP contribution in [0, 0.1) is 0 Å². The lowest BCUT2D eigenvalue weighted by Crippen LogP contribution is -2.15. The number of aromatic nitrogens is 2. The molecule has 0 atom stereocenters. The molecular weight excluding hydrogens is 402 g/mol. The molecule has 29 heavy (non-hydrogen) atoms. The van der Waals surface area contributed by atoms with Crippen LogP contribution < -0.4 is 10.9 Å². The maximum Gasteiger partial charge on any atom is 0.251 e. The van der Waals surface area contributed by atoms with Gasteiger partial charge in [-0.3, -0.25) is 9.59 Å². The van der Waals surface area contributed by atoms with Gasteiger partial charge in [-0.05, 0) is 35.7 Å². The summed E-state index contributed by atoms with van der Waals surface area (Å²) in [5.74, 6) is 1.07. The van der Waals surface area contributed by atoms with Crippen LogP contribution >= 0.6 is 23.5 Å². The van der Waals surface area contributed by atoms with Crippen LogP contribution in [0.4, 0.5) is 5.69 Å². The quantitative estimate of drug-likeness (QED) is 0.396. The predicted octanol–water partition coefficient (Wildman–Crippen LogP) is 4.92. The fourth-order valence-corrected chi connectivity index (χ4v) is 4.09. The van der Waals surface area contributed by atoms with Crippen molar-refractivity contribution in [2.75, 3.05) is 11.1 Å². The molecule has 0 aliphatic rings. The third-order valence-electron chi connectivity index (χ3n) is 4.10. The van der Waals surface area contributed by atoms with Crippen LogP contribution in [0.3, 0.4) is 0 Å². The molecule has 0 fully saturated rings. The number of rotatable bonds is 8. The van der Waals surface area contributed by atoms with Gasteiger partial charge in [0, 0.05) is 22.4 Å². The van der Waals surface area contributed by atoms with E-state index in [0.717, 1.165) is 10.6 Å². The number of carbonyl (C=O) groups is 1. The molecule has 0 bridgehead atoms. The highest BCUT2D eigenvalue weighted by atomic mass is 32.2. The molecule has 0 aliphatic carbocycles. The number of nitrogens with one attached hydrogen (secondary N) is 2. The second-order valence-corrected chi connectivity index (χ2v) is 8.77. The van der Waals surface area contributed by atoms with Crippen molar-refractivity contribution in [3.05, 3.63) is 82.3 Å². The number of hydrogen-bond acceptors (Lipinski definition) is 5. The Labute approximate surface area is 178 Å². The van der Waals surface area contributed by atoms with Crippen LogP contribution in [0.2, 0.25) is 0 Å². The lowest BCUT2D eigenvalue weighted by atomic mass is 10.0. The van der Waals surface area contributed by atoms with Crippen molar-refractivity contribution in [1.29, 1.82) is 0 Å². The highest BCUT2D eigenvalue weighted by Crippen LogP contribution is 2.22. The second-order valence-electron chi connectivity index (χ2n) is 6.76. The number of thioether (sulfide) groups is 2. The summed E-state index contributed by atoms with van der Waals surface area (Å²) in [6, 6.07) is 19.3. The van der Waals surface area contributed by atoms with Crippen molar-refractivity contribution >= 4 is 35.1 Å². The Morgan fingerprint density at radius 3 is 2.48 bits per heavy atom. The highest BCUT2D eigenvalue weighted by molar-refractivity contribution is 7.99. The van der Waals surface area contributed by atoms with Gasteiger partial charge >= 0.3 is 0 Å².